The van der Waals surface area contributed by atoms with E-state index in [9.17, 15) is 31.1 Å². The number of carbonyl (C=O) groups excluding carboxylic acids is 1. The second-order valence-corrected chi connectivity index (χ2v) is 5.13. The molecule has 2 nitrogen and oxygen atoms in total. The normalized spacial score (nSPS) is 13.1. The Balaban J connectivity index is 3.21. The Morgan fingerprint density at radius 3 is 1.81 bits per heavy atom. The van der Waals surface area contributed by atoms with Crippen molar-refractivity contribution in [2.45, 2.75) is 25.7 Å². The van der Waals surface area contributed by atoms with E-state index in [1.165, 1.54) is 24.3 Å². The summed E-state index contributed by atoms with van der Waals surface area (Å²) in [6.07, 6.45) is -12.9. The summed E-state index contributed by atoms with van der Waals surface area (Å²) >= 11 is 3.06. The molecule has 9 heteroatoms. The van der Waals surface area contributed by atoms with Gasteiger partial charge >= 0.3 is 12.4 Å². The van der Waals surface area contributed by atoms with E-state index in [2.05, 4.69) is 15.9 Å². The van der Waals surface area contributed by atoms with Crippen LogP contribution in [0.2, 0.25) is 0 Å². The standard InChI is InChI=1S/C12H10BrF6NO/c1-2-10(11(14,15)16,12(17,18)19)9(21)20-8-5-3-7(13)4-6-8/h3-6H,2H2,1H3,(H,20,21). The number of hydrogen-bond donors (Lipinski definition) is 1. The highest BCUT2D eigenvalue weighted by Gasteiger charge is 2.74. The minimum absolute atomic E-state index is 0.158. The molecule has 0 heterocycles. The maximum absolute atomic E-state index is 12.9. The van der Waals surface area contributed by atoms with Gasteiger partial charge in [-0.3, -0.25) is 4.79 Å². The van der Waals surface area contributed by atoms with Crippen molar-refractivity contribution in [3.05, 3.63) is 28.7 Å². The number of nitrogens with one attached hydrogen (secondary N) is 1. The smallest absolute Gasteiger partial charge is 0.325 e. The van der Waals surface area contributed by atoms with Crippen molar-refractivity contribution in [1.29, 1.82) is 0 Å². The topological polar surface area (TPSA) is 29.1 Å². The Kier molecular flexibility index (Phi) is 4.97. The molecule has 0 aliphatic rings. The number of alkyl halides is 6. The van der Waals surface area contributed by atoms with E-state index in [0.29, 0.717) is 11.4 Å². The molecule has 1 aromatic carbocycles. The van der Waals surface area contributed by atoms with Gasteiger partial charge in [0.15, 0.2) is 0 Å². The van der Waals surface area contributed by atoms with E-state index < -0.39 is 30.1 Å². The second-order valence-electron chi connectivity index (χ2n) is 4.22. The highest BCUT2D eigenvalue weighted by molar-refractivity contribution is 9.10. The monoisotopic (exact) mass is 377 g/mol. The Labute approximate surface area is 124 Å². The first kappa shape index (κ1) is 17.8. The van der Waals surface area contributed by atoms with Crippen molar-refractivity contribution in [2.75, 3.05) is 5.32 Å². The summed E-state index contributed by atoms with van der Waals surface area (Å²) in [5.74, 6) is -2.15. The fourth-order valence-corrected chi connectivity index (χ4v) is 2.01. The SMILES string of the molecule is CCC(C(=O)Nc1ccc(Br)cc1)(C(F)(F)F)C(F)(F)F. The van der Waals surface area contributed by atoms with Gasteiger partial charge in [0.2, 0.25) is 11.3 Å². The maximum Gasteiger partial charge on any atom is 0.412 e. The van der Waals surface area contributed by atoms with Crippen molar-refractivity contribution in [1.82, 2.24) is 0 Å². The molecule has 118 valence electrons. The van der Waals surface area contributed by atoms with Gasteiger partial charge in [0.25, 0.3) is 0 Å². The number of amides is 1. The van der Waals surface area contributed by atoms with Gasteiger partial charge in [0.1, 0.15) is 0 Å². The summed E-state index contributed by atoms with van der Waals surface area (Å²) in [6.45, 7) is 0.669. The number of hydrogen-bond acceptors (Lipinski definition) is 1. The van der Waals surface area contributed by atoms with E-state index >= 15 is 0 Å². The first-order valence-corrected chi connectivity index (χ1v) is 6.45. The fourth-order valence-electron chi connectivity index (χ4n) is 1.75. The lowest BCUT2D eigenvalue weighted by Crippen LogP contribution is -2.57. The zero-order valence-corrected chi connectivity index (χ0v) is 12.2. The molecular formula is C12H10BrF6NO. The zero-order valence-electron chi connectivity index (χ0n) is 10.6. The second kappa shape index (κ2) is 5.86. The molecule has 0 fully saturated rings. The molecule has 1 amide bonds. The third kappa shape index (κ3) is 3.33. The van der Waals surface area contributed by atoms with Crippen molar-refractivity contribution >= 4 is 27.5 Å². The molecule has 1 aromatic rings. The maximum atomic E-state index is 12.9. The molecule has 1 rings (SSSR count). The van der Waals surface area contributed by atoms with Crippen LogP contribution in [0, 0.1) is 5.41 Å². The zero-order chi connectivity index (χ0) is 16.5. The summed E-state index contributed by atoms with van der Waals surface area (Å²) in [5.41, 5.74) is -4.60. The minimum atomic E-state index is -5.75. The van der Waals surface area contributed by atoms with Gasteiger partial charge in [-0.25, -0.2) is 0 Å². The van der Waals surface area contributed by atoms with Crippen molar-refractivity contribution in [3.63, 3.8) is 0 Å². The summed E-state index contributed by atoms with van der Waals surface area (Å²) in [4.78, 5) is 11.7. The van der Waals surface area contributed by atoms with Gasteiger partial charge in [-0.1, -0.05) is 22.9 Å². The summed E-state index contributed by atoms with van der Waals surface area (Å²) in [7, 11) is 0. The molecule has 21 heavy (non-hydrogen) atoms. The quantitative estimate of drug-likeness (QED) is 0.745. The number of halogens is 7. The molecule has 0 spiro atoms. The molecule has 0 unspecified atom stereocenters. The molecule has 1 N–H and O–H groups in total. The molecule has 0 aliphatic carbocycles. The van der Waals surface area contributed by atoms with Gasteiger partial charge < -0.3 is 5.32 Å². The summed E-state index contributed by atoms with van der Waals surface area (Å²) in [6, 6.07) is 5.14. The molecule has 0 saturated carbocycles. The van der Waals surface area contributed by atoms with Gasteiger partial charge in [0.05, 0.1) is 0 Å². The third-order valence-corrected chi connectivity index (χ3v) is 3.52. The molecule has 0 atom stereocenters. The lowest BCUT2D eigenvalue weighted by molar-refractivity contribution is -0.324. The van der Waals surface area contributed by atoms with Crippen LogP contribution in [0.4, 0.5) is 32.0 Å². The van der Waals surface area contributed by atoms with Crippen molar-refractivity contribution in [2.24, 2.45) is 5.41 Å². The summed E-state index contributed by atoms with van der Waals surface area (Å²) < 4.78 is 78.0. The van der Waals surface area contributed by atoms with Gasteiger partial charge in [-0.2, -0.15) is 26.3 Å². The van der Waals surface area contributed by atoms with Crippen LogP contribution in [0.5, 0.6) is 0 Å². The Morgan fingerprint density at radius 1 is 1.05 bits per heavy atom. The Morgan fingerprint density at radius 2 is 1.48 bits per heavy atom. The van der Waals surface area contributed by atoms with Crippen molar-refractivity contribution in [3.8, 4) is 0 Å². The van der Waals surface area contributed by atoms with Crippen molar-refractivity contribution < 1.29 is 31.1 Å². The molecule has 0 aromatic heterocycles. The predicted octanol–water partition coefficient (Wildman–Crippen LogP) is 4.91. The predicted molar refractivity (Wildman–Crippen MR) is 67.6 cm³/mol. The van der Waals surface area contributed by atoms with Crippen LogP contribution in [0.25, 0.3) is 0 Å². The van der Waals surface area contributed by atoms with Gasteiger partial charge in [-0.15, -0.1) is 0 Å². The number of carbonyl (C=O) groups is 1. The number of rotatable bonds is 3. The first-order valence-electron chi connectivity index (χ1n) is 5.66. The number of anilines is 1. The third-order valence-electron chi connectivity index (χ3n) is 2.99. The molecule has 0 bridgehead atoms. The minimum Gasteiger partial charge on any atom is -0.325 e. The van der Waals surface area contributed by atoms with E-state index in [0.717, 1.165) is 0 Å². The van der Waals surface area contributed by atoms with E-state index in [1.807, 2.05) is 0 Å². The largest absolute Gasteiger partial charge is 0.412 e. The Bertz CT molecular complexity index is 494. The lowest BCUT2D eigenvalue weighted by Gasteiger charge is -2.34. The lowest BCUT2D eigenvalue weighted by atomic mass is 9.82. The van der Waals surface area contributed by atoms with E-state index in [-0.39, 0.29) is 5.69 Å². The number of benzene rings is 1. The van der Waals surface area contributed by atoms with Crippen LogP contribution in [-0.4, -0.2) is 18.3 Å². The highest BCUT2D eigenvalue weighted by Crippen LogP contribution is 2.53. The van der Waals surface area contributed by atoms with Crippen LogP contribution in [0.15, 0.2) is 28.7 Å². The van der Waals surface area contributed by atoms with Crippen LogP contribution < -0.4 is 5.32 Å². The summed E-state index contributed by atoms with van der Waals surface area (Å²) in [5, 5.41) is 1.67. The Hall–Kier alpha value is -1.25. The van der Waals surface area contributed by atoms with Crippen LogP contribution in [0.3, 0.4) is 0 Å². The molecular weight excluding hydrogens is 368 g/mol. The molecule has 0 radical (unpaired) electrons. The first-order chi connectivity index (χ1) is 9.45. The molecule has 0 aliphatic heterocycles. The van der Waals surface area contributed by atoms with Crippen LogP contribution >= 0.6 is 15.9 Å². The van der Waals surface area contributed by atoms with Gasteiger partial charge in [0, 0.05) is 10.2 Å². The van der Waals surface area contributed by atoms with Crippen LogP contribution in [0.1, 0.15) is 13.3 Å². The average molecular weight is 378 g/mol. The van der Waals surface area contributed by atoms with E-state index in [4.69, 9.17) is 0 Å². The van der Waals surface area contributed by atoms with Gasteiger partial charge in [-0.05, 0) is 30.7 Å². The average Bonchev–Trinajstić information content (AvgIpc) is 2.29. The molecule has 0 saturated heterocycles. The van der Waals surface area contributed by atoms with E-state index in [1.54, 1.807) is 5.32 Å². The highest BCUT2D eigenvalue weighted by atomic mass is 79.9. The van der Waals surface area contributed by atoms with Crippen LogP contribution in [-0.2, 0) is 4.79 Å². The fraction of sp³-hybridized carbons (Fsp3) is 0.417.